The molecule has 4 rings (SSSR count). The third-order valence-electron chi connectivity index (χ3n) is 4.41. The molecule has 1 amide bonds. The van der Waals surface area contributed by atoms with Crippen molar-refractivity contribution in [1.82, 2.24) is 4.98 Å². The fourth-order valence-electron chi connectivity index (χ4n) is 3.05. The predicted molar refractivity (Wildman–Crippen MR) is 111 cm³/mol. The van der Waals surface area contributed by atoms with Crippen molar-refractivity contribution in [3.05, 3.63) is 77.2 Å². The molecule has 0 atom stereocenters. The summed E-state index contributed by atoms with van der Waals surface area (Å²) < 4.78 is 5.20. The average Bonchev–Trinajstić information content (AvgIpc) is 3.07. The molecule has 0 saturated carbocycles. The molecule has 0 aliphatic carbocycles. The van der Waals surface area contributed by atoms with Crippen LogP contribution in [0.2, 0.25) is 0 Å². The van der Waals surface area contributed by atoms with Gasteiger partial charge in [0.25, 0.3) is 5.91 Å². The van der Waals surface area contributed by atoms with Crippen molar-refractivity contribution in [3.8, 4) is 17.0 Å². The van der Waals surface area contributed by atoms with Crippen LogP contribution in [0.3, 0.4) is 0 Å². The van der Waals surface area contributed by atoms with Crippen molar-refractivity contribution in [1.29, 1.82) is 0 Å². The Morgan fingerprint density at radius 1 is 1.00 bits per heavy atom. The number of methoxy groups -OCH3 is 1. The van der Waals surface area contributed by atoms with Crippen molar-refractivity contribution < 1.29 is 9.53 Å². The van der Waals surface area contributed by atoms with Crippen LogP contribution in [0.25, 0.3) is 22.0 Å². The highest BCUT2D eigenvalue weighted by Gasteiger charge is 2.15. The van der Waals surface area contributed by atoms with E-state index in [-0.39, 0.29) is 5.91 Å². The van der Waals surface area contributed by atoms with Crippen LogP contribution in [-0.2, 0) is 0 Å². The molecule has 0 spiro atoms. The van der Waals surface area contributed by atoms with E-state index in [9.17, 15) is 4.79 Å². The number of carbonyl (C=O) groups excluding carboxylic acids is 1. The molecule has 0 bridgehead atoms. The third kappa shape index (κ3) is 3.41. The van der Waals surface area contributed by atoms with E-state index in [2.05, 4.69) is 10.3 Å². The first-order valence-corrected chi connectivity index (χ1v) is 9.38. The fraction of sp³-hybridized carbons (Fsp3) is 0.0909. The number of nitrogens with zero attached hydrogens (tertiary/aromatic N) is 1. The number of hydrogen-bond acceptors (Lipinski definition) is 4. The number of rotatable bonds is 4. The van der Waals surface area contributed by atoms with Gasteiger partial charge in [-0.1, -0.05) is 36.4 Å². The van der Waals surface area contributed by atoms with E-state index in [0.717, 1.165) is 32.7 Å². The van der Waals surface area contributed by atoms with Crippen LogP contribution < -0.4 is 10.1 Å². The second-order valence-corrected chi connectivity index (χ2v) is 7.34. The van der Waals surface area contributed by atoms with E-state index in [1.807, 2.05) is 73.7 Å². The van der Waals surface area contributed by atoms with Gasteiger partial charge in [-0.15, -0.1) is 11.3 Å². The fourth-order valence-corrected chi connectivity index (χ4v) is 3.89. The normalized spacial score (nSPS) is 10.7. The van der Waals surface area contributed by atoms with Crippen LogP contribution in [0.1, 0.15) is 15.2 Å². The number of hydrogen-bond donors (Lipinski definition) is 1. The molecule has 3 aromatic carbocycles. The maximum absolute atomic E-state index is 12.8. The number of amides is 1. The molecule has 134 valence electrons. The summed E-state index contributed by atoms with van der Waals surface area (Å²) in [6, 6.07) is 21.3. The SMILES string of the molecule is COc1ccc(-c2nc(NC(=O)c3cccc4ccccc34)sc2C)cc1. The minimum atomic E-state index is -0.151. The minimum absolute atomic E-state index is 0.151. The molecule has 27 heavy (non-hydrogen) atoms. The third-order valence-corrected chi connectivity index (χ3v) is 5.30. The smallest absolute Gasteiger partial charge is 0.258 e. The van der Waals surface area contributed by atoms with E-state index >= 15 is 0 Å². The molecule has 1 aromatic heterocycles. The van der Waals surface area contributed by atoms with Crippen molar-refractivity contribution in [2.75, 3.05) is 12.4 Å². The quantitative estimate of drug-likeness (QED) is 0.511. The lowest BCUT2D eigenvalue weighted by atomic mass is 10.0. The number of anilines is 1. The number of aromatic nitrogens is 1. The molecule has 4 aromatic rings. The zero-order valence-corrected chi connectivity index (χ0v) is 15.8. The zero-order valence-electron chi connectivity index (χ0n) is 15.0. The van der Waals surface area contributed by atoms with Crippen molar-refractivity contribution in [2.45, 2.75) is 6.92 Å². The van der Waals surface area contributed by atoms with Gasteiger partial charge in [0.1, 0.15) is 5.75 Å². The zero-order chi connectivity index (χ0) is 18.8. The summed E-state index contributed by atoms with van der Waals surface area (Å²) in [7, 11) is 1.64. The number of ether oxygens (including phenoxy) is 1. The Kier molecular flexibility index (Phi) is 4.60. The Hall–Kier alpha value is -3.18. The van der Waals surface area contributed by atoms with Crippen LogP contribution in [-0.4, -0.2) is 18.0 Å². The number of benzene rings is 3. The van der Waals surface area contributed by atoms with Gasteiger partial charge in [0.2, 0.25) is 0 Å². The Labute approximate surface area is 161 Å². The molecule has 1 N–H and O–H groups in total. The van der Waals surface area contributed by atoms with Gasteiger partial charge in [-0.3, -0.25) is 10.1 Å². The summed E-state index contributed by atoms with van der Waals surface area (Å²) in [5, 5.41) is 5.51. The maximum atomic E-state index is 12.8. The number of fused-ring (bicyclic) bond motifs is 1. The van der Waals surface area contributed by atoms with Gasteiger partial charge in [0, 0.05) is 16.0 Å². The van der Waals surface area contributed by atoms with E-state index < -0.39 is 0 Å². The number of nitrogens with one attached hydrogen (secondary N) is 1. The van der Waals surface area contributed by atoms with Crippen molar-refractivity contribution in [3.63, 3.8) is 0 Å². The van der Waals surface area contributed by atoms with Gasteiger partial charge in [0.15, 0.2) is 5.13 Å². The van der Waals surface area contributed by atoms with Crippen molar-refractivity contribution >= 4 is 33.1 Å². The van der Waals surface area contributed by atoms with Crippen LogP contribution in [0.5, 0.6) is 5.75 Å². The first-order valence-electron chi connectivity index (χ1n) is 8.56. The van der Waals surface area contributed by atoms with Gasteiger partial charge in [-0.25, -0.2) is 4.98 Å². The van der Waals surface area contributed by atoms with E-state index in [0.29, 0.717) is 10.7 Å². The first-order chi connectivity index (χ1) is 13.2. The van der Waals surface area contributed by atoms with Crippen LogP contribution >= 0.6 is 11.3 Å². The van der Waals surface area contributed by atoms with Gasteiger partial charge in [-0.05, 0) is 48.0 Å². The average molecular weight is 374 g/mol. The number of aryl methyl sites for hydroxylation is 1. The summed E-state index contributed by atoms with van der Waals surface area (Å²) in [5.74, 6) is 0.651. The largest absolute Gasteiger partial charge is 0.497 e. The molecule has 0 aliphatic heterocycles. The molecule has 0 unspecified atom stereocenters. The molecular formula is C22H18N2O2S. The number of thiazole rings is 1. The van der Waals surface area contributed by atoms with Gasteiger partial charge >= 0.3 is 0 Å². The van der Waals surface area contributed by atoms with E-state index in [4.69, 9.17) is 4.74 Å². The predicted octanol–water partition coefficient (Wildman–Crippen LogP) is 5.53. The summed E-state index contributed by atoms with van der Waals surface area (Å²) in [5.41, 5.74) is 2.51. The van der Waals surface area contributed by atoms with Gasteiger partial charge in [-0.2, -0.15) is 0 Å². The van der Waals surface area contributed by atoms with E-state index in [1.54, 1.807) is 7.11 Å². The standard InChI is InChI=1S/C22H18N2O2S/c1-14-20(16-10-12-17(26-2)13-11-16)23-22(27-14)24-21(25)19-9-5-7-15-6-3-4-8-18(15)19/h3-13H,1-2H3,(H,23,24,25). The lowest BCUT2D eigenvalue weighted by molar-refractivity contribution is 0.102. The van der Waals surface area contributed by atoms with Crippen LogP contribution in [0.4, 0.5) is 5.13 Å². The molecule has 0 aliphatic rings. The lowest BCUT2D eigenvalue weighted by Gasteiger charge is -2.06. The summed E-state index contributed by atoms with van der Waals surface area (Å²) >= 11 is 1.47. The summed E-state index contributed by atoms with van der Waals surface area (Å²) in [6.45, 7) is 2.00. The highest BCUT2D eigenvalue weighted by atomic mass is 32.1. The molecule has 0 fully saturated rings. The monoisotopic (exact) mass is 374 g/mol. The minimum Gasteiger partial charge on any atom is -0.497 e. The van der Waals surface area contributed by atoms with Gasteiger partial charge in [0.05, 0.1) is 12.8 Å². The molecule has 0 saturated heterocycles. The molecule has 4 nitrogen and oxygen atoms in total. The van der Waals surface area contributed by atoms with Crippen LogP contribution in [0, 0.1) is 6.92 Å². The van der Waals surface area contributed by atoms with E-state index in [1.165, 1.54) is 11.3 Å². The molecule has 1 heterocycles. The Morgan fingerprint density at radius 2 is 1.74 bits per heavy atom. The summed E-state index contributed by atoms with van der Waals surface area (Å²) in [4.78, 5) is 18.5. The lowest BCUT2D eigenvalue weighted by Crippen LogP contribution is -2.12. The van der Waals surface area contributed by atoms with Crippen molar-refractivity contribution in [2.24, 2.45) is 0 Å². The Morgan fingerprint density at radius 3 is 2.52 bits per heavy atom. The maximum Gasteiger partial charge on any atom is 0.258 e. The molecular weight excluding hydrogens is 356 g/mol. The Bertz CT molecular complexity index is 1110. The second-order valence-electron chi connectivity index (χ2n) is 6.13. The number of carbonyl (C=O) groups is 1. The highest BCUT2D eigenvalue weighted by Crippen LogP contribution is 2.32. The topological polar surface area (TPSA) is 51.2 Å². The van der Waals surface area contributed by atoms with Gasteiger partial charge < -0.3 is 4.74 Å². The molecule has 0 radical (unpaired) electrons. The Balaban J connectivity index is 1.62. The van der Waals surface area contributed by atoms with Crippen LogP contribution in [0.15, 0.2) is 66.7 Å². The molecule has 5 heteroatoms. The highest BCUT2D eigenvalue weighted by molar-refractivity contribution is 7.16. The first kappa shape index (κ1) is 17.2. The second kappa shape index (κ2) is 7.21. The summed E-state index contributed by atoms with van der Waals surface area (Å²) in [6.07, 6.45) is 0.